The highest BCUT2D eigenvalue weighted by Gasteiger charge is 2.30. The predicted molar refractivity (Wildman–Crippen MR) is 76.8 cm³/mol. The average molecular weight is 287 g/mol. The maximum absolute atomic E-state index is 12.5. The molecule has 4 heteroatoms. The van der Waals surface area contributed by atoms with Crippen LogP contribution in [0.4, 0.5) is 13.2 Å². The third kappa shape index (κ3) is 5.16. The lowest BCUT2D eigenvalue weighted by Gasteiger charge is -2.27. The summed E-state index contributed by atoms with van der Waals surface area (Å²) in [5.41, 5.74) is 0.406. The molecule has 1 N–H and O–H groups in total. The van der Waals surface area contributed by atoms with Crippen molar-refractivity contribution >= 4 is 0 Å². The topological polar surface area (TPSA) is 12.0 Å². The van der Waals surface area contributed by atoms with Crippen LogP contribution in [0.3, 0.4) is 0 Å². The fourth-order valence-electron chi connectivity index (χ4n) is 1.95. The SMILES string of the molecule is CC(CNC(C)(C)C)C(C)c1ccc(C(F)(F)F)cc1. The molecule has 1 rings (SSSR count). The number of nitrogens with one attached hydrogen (secondary N) is 1. The zero-order valence-corrected chi connectivity index (χ0v) is 12.8. The first-order valence-electron chi connectivity index (χ1n) is 6.93. The van der Waals surface area contributed by atoms with Crippen LogP contribution in [-0.2, 0) is 6.18 Å². The van der Waals surface area contributed by atoms with Gasteiger partial charge in [0.2, 0.25) is 0 Å². The number of hydrogen-bond donors (Lipinski definition) is 1. The summed E-state index contributed by atoms with van der Waals surface area (Å²) >= 11 is 0. The Morgan fingerprint density at radius 1 is 1.00 bits per heavy atom. The van der Waals surface area contributed by atoms with E-state index in [1.54, 1.807) is 12.1 Å². The van der Waals surface area contributed by atoms with Crippen molar-refractivity contribution in [3.05, 3.63) is 35.4 Å². The molecule has 0 aliphatic heterocycles. The van der Waals surface area contributed by atoms with Gasteiger partial charge in [0.1, 0.15) is 0 Å². The maximum Gasteiger partial charge on any atom is 0.416 e. The number of benzene rings is 1. The Morgan fingerprint density at radius 3 is 1.90 bits per heavy atom. The third-order valence-electron chi connectivity index (χ3n) is 3.57. The number of alkyl halides is 3. The molecular weight excluding hydrogens is 263 g/mol. The van der Waals surface area contributed by atoms with Gasteiger partial charge in [-0.3, -0.25) is 0 Å². The highest BCUT2D eigenvalue weighted by molar-refractivity contribution is 5.27. The van der Waals surface area contributed by atoms with Crippen molar-refractivity contribution in [3.8, 4) is 0 Å². The molecule has 0 radical (unpaired) electrons. The van der Waals surface area contributed by atoms with Crippen LogP contribution < -0.4 is 5.32 Å². The van der Waals surface area contributed by atoms with Crippen molar-refractivity contribution in [2.24, 2.45) is 5.92 Å². The first kappa shape index (κ1) is 17.0. The van der Waals surface area contributed by atoms with Crippen LogP contribution in [-0.4, -0.2) is 12.1 Å². The molecule has 0 spiro atoms. The van der Waals surface area contributed by atoms with E-state index in [0.29, 0.717) is 5.92 Å². The van der Waals surface area contributed by atoms with E-state index in [-0.39, 0.29) is 11.5 Å². The van der Waals surface area contributed by atoms with Gasteiger partial charge in [0, 0.05) is 5.54 Å². The van der Waals surface area contributed by atoms with E-state index in [2.05, 4.69) is 39.9 Å². The van der Waals surface area contributed by atoms with Gasteiger partial charge < -0.3 is 5.32 Å². The molecule has 0 saturated heterocycles. The van der Waals surface area contributed by atoms with Crippen LogP contribution in [0.15, 0.2) is 24.3 Å². The monoisotopic (exact) mass is 287 g/mol. The van der Waals surface area contributed by atoms with Crippen LogP contribution in [0.5, 0.6) is 0 Å². The van der Waals surface area contributed by atoms with Crippen molar-refractivity contribution in [1.82, 2.24) is 5.32 Å². The summed E-state index contributed by atoms with van der Waals surface area (Å²) in [6.07, 6.45) is -4.26. The van der Waals surface area contributed by atoms with E-state index in [1.807, 2.05) is 0 Å². The molecule has 2 unspecified atom stereocenters. The Kier molecular flexibility index (Phi) is 5.25. The summed E-state index contributed by atoms with van der Waals surface area (Å²) in [7, 11) is 0. The summed E-state index contributed by atoms with van der Waals surface area (Å²) < 4.78 is 37.6. The average Bonchev–Trinajstić information content (AvgIpc) is 2.33. The molecular formula is C16H24F3N. The number of halogens is 3. The Hall–Kier alpha value is -1.03. The lowest BCUT2D eigenvalue weighted by atomic mass is 9.88. The van der Waals surface area contributed by atoms with E-state index in [1.165, 1.54) is 0 Å². The van der Waals surface area contributed by atoms with Crippen LogP contribution >= 0.6 is 0 Å². The van der Waals surface area contributed by atoms with Crippen LogP contribution in [0.2, 0.25) is 0 Å². The normalized spacial score (nSPS) is 16.0. The van der Waals surface area contributed by atoms with Gasteiger partial charge in [-0.2, -0.15) is 13.2 Å². The molecule has 0 saturated carbocycles. The molecule has 0 heterocycles. The van der Waals surface area contributed by atoms with Crippen LogP contribution in [0.25, 0.3) is 0 Å². The van der Waals surface area contributed by atoms with Gasteiger partial charge in [-0.1, -0.05) is 26.0 Å². The van der Waals surface area contributed by atoms with Gasteiger partial charge in [-0.05, 0) is 56.8 Å². The quantitative estimate of drug-likeness (QED) is 0.836. The number of rotatable bonds is 4. The van der Waals surface area contributed by atoms with E-state index >= 15 is 0 Å². The molecule has 0 aliphatic carbocycles. The van der Waals surface area contributed by atoms with Gasteiger partial charge in [0.05, 0.1) is 5.56 Å². The molecule has 0 fully saturated rings. The van der Waals surface area contributed by atoms with Gasteiger partial charge in [-0.25, -0.2) is 0 Å². The molecule has 0 bridgehead atoms. The van der Waals surface area contributed by atoms with Gasteiger partial charge in [0.15, 0.2) is 0 Å². The van der Waals surface area contributed by atoms with Crippen molar-refractivity contribution in [3.63, 3.8) is 0 Å². The highest BCUT2D eigenvalue weighted by Crippen LogP contribution is 2.31. The van der Waals surface area contributed by atoms with Gasteiger partial charge in [0.25, 0.3) is 0 Å². The summed E-state index contributed by atoms with van der Waals surface area (Å²) in [4.78, 5) is 0. The Labute approximate surface area is 119 Å². The van der Waals surface area contributed by atoms with Crippen LogP contribution in [0.1, 0.15) is 51.7 Å². The molecule has 20 heavy (non-hydrogen) atoms. The van der Waals surface area contributed by atoms with Gasteiger partial charge >= 0.3 is 6.18 Å². The molecule has 114 valence electrons. The minimum atomic E-state index is -4.26. The van der Waals surface area contributed by atoms with E-state index < -0.39 is 11.7 Å². The van der Waals surface area contributed by atoms with Crippen LogP contribution in [0, 0.1) is 5.92 Å². The molecule has 0 amide bonds. The molecule has 0 aromatic heterocycles. The first-order valence-corrected chi connectivity index (χ1v) is 6.93. The summed E-state index contributed by atoms with van der Waals surface area (Å²) in [6.45, 7) is 11.3. The van der Waals surface area contributed by atoms with Gasteiger partial charge in [-0.15, -0.1) is 0 Å². The van der Waals surface area contributed by atoms with Crippen molar-refractivity contribution in [2.45, 2.75) is 52.3 Å². The van der Waals surface area contributed by atoms with Crippen molar-refractivity contribution in [1.29, 1.82) is 0 Å². The number of hydrogen-bond acceptors (Lipinski definition) is 1. The second-order valence-electron chi connectivity index (χ2n) is 6.52. The summed E-state index contributed by atoms with van der Waals surface area (Å²) in [5.74, 6) is 0.568. The molecule has 1 aromatic rings. The third-order valence-corrected chi connectivity index (χ3v) is 3.57. The highest BCUT2D eigenvalue weighted by atomic mass is 19.4. The van der Waals surface area contributed by atoms with E-state index in [4.69, 9.17) is 0 Å². The molecule has 1 aromatic carbocycles. The van der Waals surface area contributed by atoms with E-state index in [0.717, 1.165) is 24.2 Å². The first-order chi connectivity index (χ1) is 9.00. The summed E-state index contributed by atoms with van der Waals surface area (Å²) in [6, 6.07) is 5.49. The second-order valence-corrected chi connectivity index (χ2v) is 6.52. The summed E-state index contributed by atoms with van der Waals surface area (Å²) in [5, 5.41) is 3.43. The zero-order valence-electron chi connectivity index (χ0n) is 12.8. The lowest BCUT2D eigenvalue weighted by molar-refractivity contribution is -0.137. The zero-order chi connectivity index (χ0) is 15.6. The minimum Gasteiger partial charge on any atom is -0.312 e. The Bertz CT molecular complexity index is 415. The standard InChI is InChI=1S/C16H24F3N/c1-11(10-20-15(3,4)5)12(2)13-6-8-14(9-7-13)16(17,18)19/h6-9,11-12,20H,10H2,1-5H3. The largest absolute Gasteiger partial charge is 0.416 e. The minimum absolute atomic E-state index is 0.0497. The fraction of sp³-hybridized carbons (Fsp3) is 0.625. The maximum atomic E-state index is 12.5. The Morgan fingerprint density at radius 2 is 1.50 bits per heavy atom. The smallest absolute Gasteiger partial charge is 0.312 e. The fourth-order valence-corrected chi connectivity index (χ4v) is 1.95. The molecule has 2 atom stereocenters. The second kappa shape index (κ2) is 6.17. The van der Waals surface area contributed by atoms with Crippen molar-refractivity contribution in [2.75, 3.05) is 6.54 Å². The lowest BCUT2D eigenvalue weighted by Crippen LogP contribution is -2.39. The van der Waals surface area contributed by atoms with Crippen molar-refractivity contribution < 1.29 is 13.2 Å². The van der Waals surface area contributed by atoms with E-state index in [9.17, 15) is 13.2 Å². The Balaban J connectivity index is 2.70. The predicted octanol–water partition coefficient (Wildman–Crippen LogP) is 4.83. The molecule has 1 nitrogen and oxygen atoms in total. The molecule has 0 aliphatic rings.